The Hall–Kier alpha value is -8.00. The van der Waals surface area contributed by atoms with Gasteiger partial charge in [0, 0.05) is 22.5 Å². The molecule has 2 spiro atoms. The zero-order chi connectivity index (χ0) is 43.5. The number of nitrogens with zero attached hydrogens (tertiary/aromatic N) is 1. The van der Waals surface area contributed by atoms with Gasteiger partial charge in [-0.1, -0.05) is 202 Å². The van der Waals surface area contributed by atoms with E-state index in [1.807, 2.05) is 0 Å². The largest absolute Gasteiger partial charge is 0.310 e. The van der Waals surface area contributed by atoms with E-state index < -0.39 is 10.8 Å². The monoisotopic (exact) mass is 837 g/mol. The molecule has 5 aliphatic rings. The van der Waals surface area contributed by atoms with Crippen molar-refractivity contribution < 1.29 is 0 Å². The Morgan fingerprint density at radius 3 is 0.773 bits per heavy atom. The lowest BCUT2D eigenvalue weighted by Crippen LogP contribution is -2.26. The molecule has 66 heavy (non-hydrogen) atoms. The first-order chi connectivity index (χ1) is 32.5. The molecule has 10 aromatic rings. The van der Waals surface area contributed by atoms with E-state index in [0.29, 0.717) is 0 Å². The van der Waals surface area contributed by atoms with Crippen molar-refractivity contribution in [1.82, 2.24) is 0 Å². The standard InChI is InChI=1S/C65H43N/c1-63(2)53-24-10-3-17-43(53)50-34-31-40(37-60(50)63)66(41-32-35-51-48-22-8-15-29-58(48)64(61(51)38-41)54-25-11-4-18-44(54)45-19-5-12-26-55(45)64)42-33-36-52-49-23-9-16-30-59(49)65(62(52)39-42)56-27-13-6-20-46(56)47-21-7-14-28-57(47)65/h3-39H,1-2H3. The minimum absolute atomic E-state index is 0.157. The normalized spacial score (nSPS) is 15.5. The molecule has 308 valence electrons. The van der Waals surface area contributed by atoms with Gasteiger partial charge in [-0.3, -0.25) is 0 Å². The quantitative estimate of drug-likeness (QED) is 0.171. The van der Waals surface area contributed by atoms with E-state index in [-0.39, 0.29) is 5.41 Å². The molecule has 1 nitrogen and oxygen atoms in total. The van der Waals surface area contributed by atoms with Gasteiger partial charge in [0.2, 0.25) is 0 Å². The summed E-state index contributed by atoms with van der Waals surface area (Å²) in [5.41, 5.74) is 29.1. The van der Waals surface area contributed by atoms with Crippen LogP contribution in [0.25, 0.3) is 55.6 Å². The highest BCUT2D eigenvalue weighted by Crippen LogP contribution is 2.65. The van der Waals surface area contributed by atoms with Gasteiger partial charge in [0.25, 0.3) is 0 Å². The topological polar surface area (TPSA) is 3.24 Å². The Labute approximate surface area is 386 Å². The smallest absolute Gasteiger partial charge is 0.0726 e. The van der Waals surface area contributed by atoms with Crippen molar-refractivity contribution in [2.24, 2.45) is 0 Å². The van der Waals surface area contributed by atoms with E-state index in [1.165, 1.54) is 111 Å². The second-order valence-corrected chi connectivity index (χ2v) is 19.5. The summed E-state index contributed by atoms with van der Waals surface area (Å²) in [4.78, 5) is 2.56. The molecule has 0 saturated carbocycles. The summed E-state index contributed by atoms with van der Waals surface area (Å²) in [5, 5.41) is 0. The molecule has 5 aliphatic carbocycles. The second kappa shape index (κ2) is 12.6. The van der Waals surface area contributed by atoms with Gasteiger partial charge in [-0.25, -0.2) is 0 Å². The van der Waals surface area contributed by atoms with Gasteiger partial charge >= 0.3 is 0 Å². The van der Waals surface area contributed by atoms with Crippen molar-refractivity contribution in [3.05, 3.63) is 280 Å². The van der Waals surface area contributed by atoms with E-state index in [4.69, 9.17) is 0 Å². The minimum Gasteiger partial charge on any atom is -0.310 e. The van der Waals surface area contributed by atoms with Crippen molar-refractivity contribution in [3.63, 3.8) is 0 Å². The minimum atomic E-state index is -0.455. The van der Waals surface area contributed by atoms with Crippen LogP contribution >= 0.6 is 0 Å². The summed E-state index contributed by atoms with van der Waals surface area (Å²) >= 11 is 0. The van der Waals surface area contributed by atoms with Crippen molar-refractivity contribution >= 4 is 17.1 Å². The van der Waals surface area contributed by atoms with Gasteiger partial charge in [-0.05, 0) is 148 Å². The zero-order valence-electron chi connectivity index (χ0n) is 36.8. The molecule has 0 aliphatic heterocycles. The summed E-state index contributed by atoms with van der Waals surface area (Å²) in [5.74, 6) is 0. The van der Waals surface area contributed by atoms with E-state index in [9.17, 15) is 0 Å². The Kier molecular flexibility index (Phi) is 6.95. The predicted molar refractivity (Wildman–Crippen MR) is 271 cm³/mol. The maximum atomic E-state index is 2.56. The maximum Gasteiger partial charge on any atom is 0.0726 e. The molecule has 0 saturated heterocycles. The summed E-state index contributed by atoms with van der Waals surface area (Å²) in [6.45, 7) is 4.78. The molecule has 1 heteroatoms. The Morgan fingerprint density at radius 2 is 0.455 bits per heavy atom. The van der Waals surface area contributed by atoms with Crippen LogP contribution < -0.4 is 4.90 Å². The lowest BCUT2D eigenvalue weighted by Gasteiger charge is -2.34. The van der Waals surface area contributed by atoms with Crippen molar-refractivity contribution in [2.45, 2.75) is 30.1 Å². The molecule has 0 aromatic heterocycles. The summed E-state index contributed by atoms with van der Waals surface area (Å²) < 4.78 is 0. The number of benzene rings is 10. The number of hydrogen-bond acceptors (Lipinski definition) is 1. The summed E-state index contributed by atoms with van der Waals surface area (Å²) in [7, 11) is 0. The van der Waals surface area contributed by atoms with Crippen LogP contribution in [0.1, 0.15) is 69.5 Å². The average molecular weight is 838 g/mol. The van der Waals surface area contributed by atoms with Gasteiger partial charge in [0.05, 0.1) is 10.8 Å². The highest BCUT2D eigenvalue weighted by molar-refractivity contribution is 5.99. The lowest BCUT2D eigenvalue weighted by atomic mass is 9.70. The van der Waals surface area contributed by atoms with Crippen LogP contribution in [-0.4, -0.2) is 0 Å². The number of fused-ring (bicyclic) bond motifs is 23. The Bertz CT molecular complexity index is 3450. The second-order valence-electron chi connectivity index (χ2n) is 19.5. The predicted octanol–water partition coefficient (Wildman–Crippen LogP) is 16.1. The fourth-order valence-corrected chi connectivity index (χ4v) is 13.7. The lowest BCUT2D eigenvalue weighted by molar-refractivity contribution is 0.660. The first-order valence-corrected chi connectivity index (χ1v) is 23.4. The van der Waals surface area contributed by atoms with Crippen LogP contribution in [-0.2, 0) is 16.2 Å². The average Bonchev–Trinajstić information content (AvgIpc) is 4.10. The van der Waals surface area contributed by atoms with Gasteiger partial charge in [0.15, 0.2) is 0 Å². The fourth-order valence-electron chi connectivity index (χ4n) is 13.7. The SMILES string of the molecule is CC1(C)c2ccccc2-c2ccc(N(c3ccc4c(c3)C3(c5ccccc5-c5ccccc53)c3ccccc3-4)c3ccc4c(c3)C3(c5ccccc5-c5ccccc53)c3ccccc3-4)cc21. The maximum absolute atomic E-state index is 2.56. The first-order valence-electron chi connectivity index (χ1n) is 23.4. The third-order valence-corrected chi connectivity index (χ3v) is 16.3. The molecule has 0 fully saturated rings. The molecule has 0 heterocycles. The fraction of sp³-hybridized carbons (Fsp3) is 0.0769. The Balaban J connectivity index is 1.02. The van der Waals surface area contributed by atoms with E-state index in [2.05, 4.69) is 243 Å². The van der Waals surface area contributed by atoms with Crippen LogP contribution in [0.2, 0.25) is 0 Å². The number of rotatable bonds is 3. The molecule has 0 bridgehead atoms. The van der Waals surface area contributed by atoms with Crippen molar-refractivity contribution in [2.75, 3.05) is 4.90 Å². The van der Waals surface area contributed by atoms with Gasteiger partial charge in [0.1, 0.15) is 0 Å². The molecule has 0 unspecified atom stereocenters. The summed E-state index contributed by atoms with van der Waals surface area (Å²) in [6.07, 6.45) is 0. The van der Waals surface area contributed by atoms with Crippen LogP contribution in [0.3, 0.4) is 0 Å². The molecule has 0 atom stereocenters. The van der Waals surface area contributed by atoms with E-state index >= 15 is 0 Å². The molecule has 15 rings (SSSR count). The van der Waals surface area contributed by atoms with E-state index in [1.54, 1.807) is 0 Å². The van der Waals surface area contributed by atoms with Gasteiger partial charge in [-0.2, -0.15) is 0 Å². The Morgan fingerprint density at radius 1 is 0.227 bits per heavy atom. The van der Waals surface area contributed by atoms with Crippen LogP contribution in [0.4, 0.5) is 17.1 Å². The molecule has 0 radical (unpaired) electrons. The molecule has 0 amide bonds. The highest BCUT2D eigenvalue weighted by atomic mass is 15.1. The van der Waals surface area contributed by atoms with Crippen molar-refractivity contribution in [1.29, 1.82) is 0 Å². The molecular weight excluding hydrogens is 795 g/mol. The van der Waals surface area contributed by atoms with Gasteiger partial charge < -0.3 is 4.90 Å². The molecular formula is C65H43N. The molecule has 10 aromatic carbocycles. The van der Waals surface area contributed by atoms with Crippen LogP contribution in [0.5, 0.6) is 0 Å². The highest BCUT2D eigenvalue weighted by Gasteiger charge is 2.53. The van der Waals surface area contributed by atoms with Crippen LogP contribution in [0, 0.1) is 0 Å². The van der Waals surface area contributed by atoms with Crippen molar-refractivity contribution in [3.8, 4) is 55.6 Å². The molecule has 0 N–H and O–H groups in total. The first kappa shape index (κ1) is 36.4. The third kappa shape index (κ3) is 4.24. The summed E-state index contributed by atoms with van der Waals surface area (Å²) in [6, 6.07) is 85.7. The van der Waals surface area contributed by atoms with E-state index in [0.717, 1.165) is 17.1 Å². The zero-order valence-corrected chi connectivity index (χ0v) is 36.8. The van der Waals surface area contributed by atoms with Gasteiger partial charge in [-0.15, -0.1) is 0 Å². The van der Waals surface area contributed by atoms with Crippen LogP contribution in [0.15, 0.2) is 224 Å². The number of anilines is 3. The third-order valence-electron chi connectivity index (χ3n) is 16.3. The number of hydrogen-bond donors (Lipinski definition) is 0.